The third kappa shape index (κ3) is 8.44. The van der Waals surface area contributed by atoms with Gasteiger partial charge >= 0.3 is 6.09 Å². The molecular formula is C27H43N3O5. The molecule has 35 heavy (non-hydrogen) atoms. The molecule has 8 nitrogen and oxygen atoms in total. The maximum absolute atomic E-state index is 14.0. The molecule has 1 aliphatic rings. The number of aryl methyl sites for hydroxylation is 1. The van der Waals surface area contributed by atoms with Crippen molar-refractivity contribution in [2.75, 3.05) is 0 Å². The van der Waals surface area contributed by atoms with Gasteiger partial charge in [-0.15, -0.1) is 0 Å². The highest BCUT2D eigenvalue weighted by molar-refractivity contribution is 5.93. The third-order valence-electron chi connectivity index (χ3n) is 5.48. The highest BCUT2D eigenvalue weighted by atomic mass is 16.6. The lowest BCUT2D eigenvalue weighted by Gasteiger charge is -2.36. The molecule has 0 saturated heterocycles. The number of ether oxygens (including phenoxy) is 1. The van der Waals surface area contributed by atoms with Crippen LogP contribution in [0.25, 0.3) is 0 Å². The molecule has 0 spiro atoms. The second kappa shape index (κ2) is 10.9. The van der Waals surface area contributed by atoms with E-state index in [2.05, 4.69) is 10.6 Å². The van der Waals surface area contributed by atoms with E-state index in [9.17, 15) is 19.5 Å². The summed E-state index contributed by atoms with van der Waals surface area (Å²) < 4.78 is 5.41. The molecule has 196 valence electrons. The Morgan fingerprint density at radius 2 is 1.71 bits per heavy atom. The van der Waals surface area contributed by atoms with E-state index in [0.29, 0.717) is 17.5 Å². The predicted molar refractivity (Wildman–Crippen MR) is 136 cm³/mol. The van der Waals surface area contributed by atoms with Crippen LogP contribution in [-0.4, -0.2) is 51.1 Å². The summed E-state index contributed by atoms with van der Waals surface area (Å²) in [6.07, 6.45) is 1.20. The summed E-state index contributed by atoms with van der Waals surface area (Å²) in [4.78, 5) is 41.8. The van der Waals surface area contributed by atoms with E-state index in [0.717, 1.165) is 12.8 Å². The highest BCUT2D eigenvalue weighted by Crippen LogP contribution is 2.39. The number of hydrogen-bond acceptors (Lipinski definition) is 5. The quantitative estimate of drug-likeness (QED) is 0.495. The van der Waals surface area contributed by atoms with Crippen molar-refractivity contribution in [2.24, 2.45) is 5.92 Å². The van der Waals surface area contributed by atoms with Gasteiger partial charge in [0.1, 0.15) is 23.4 Å². The zero-order valence-corrected chi connectivity index (χ0v) is 22.7. The maximum atomic E-state index is 14.0. The first-order valence-corrected chi connectivity index (χ1v) is 12.4. The van der Waals surface area contributed by atoms with Crippen molar-refractivity contribution in [3.8, 4) is 5.75 Å². The van der Waals surface area contributed by atoms with Gasteiger partial charge in [-0.05, 0) is 79.2 Å². The SMILES string of the molecule is Cc1cccc(C(C(=O)NC(C)(C)C)N(C(=O)C(CC(C)C)NC(=O)OC(C)(C)C)C2CC2)c1O. The average molecular weight is 490 g/mol. The number of rotatable bonds is 8. The lowest BCUT2D eigenvalue weighted by atomic mass is 9.96. The molecule has 3 amide bonds. The first-order valence-electron chi connectivity index (χ1n) is 12.4. The normalized spacial score (nSPS) is 15.8. The molecular weight excluding hydrogens is 446 g/mol. The monoisotopic (exact) mass is 489 g/mol. The van der Waals surface area contributed by atoms with Gasteiger partial charge in [0.05, 0.1) is 0 Å². The lowest BCUT2D eigenvalue weighted by molar-refractivity contribution is -0.144. The second-order valence-electron chi connectivity index (χ2n) is 12.0. The number of nitrogens with zero attached hydrogens (tertiary/aromatic N) is 1. The van der Waals surface area contributed by atoms with Gasteiger partial charge in [-0.1, -0.05) is 32.0 Å². The van der Waals surface area contributed by atoms with Gasteiger partial charge in [0.15, 0.2) is 0 Å². The molecule has 1 aromatic carbocycles. The summed E-state index contributed by atoms with van der Waals surface area (Å²) in [5, 5.41) is 16.6. The van der Waals surface area contributed by atoms with Crippen molar-refractivity contribution in [1.82, 2.24) is 15.5 Å². The van der Waals surface area contributed by atoms with Crippen molar-refractivity contribution < 1.29 is 24.2 Å². The number of hydrogen-bond donors (Lipinski definition) is 3. The molecule has 0 heterocycles. The first-order chi connectivity index (χ1) is 16.0. The Labute approximate surface area is 209 Å². The number of phenols is 1. The summed E-state index contributed by atoms with van der Waals surface area (Å²) in [7, 11) is 0. The van der Waals surface area contributed by atoms with Crippen molar-refractivity contribution in [2.45, 2.75) is 111 Å². The molecule has 3 N–H and O–H groups in total. The largest absolute Gasteiger partial charge is 0.507 e. The van der Waals surface area contributed by atoms with Crippen LogP contribution in [-0.2, 0) is 14.3 Å². The minimum atomic E-state index is -1.04. The van der Waals surface area contributed by atoms with Crippen molar-refractivity contribution in [3.63, 3.8) is 0 Å². The maximum Gasteiger partial charge on any atom is 0.408 e. The Kier molecular flexibility index (Phi) is 8.84. The van der Waals surface area contributed by atoms with Gasteiger partial charge in [-0.2, -0.15) is 0 Å². The number of aromatic hydroxyl groups is 1. The summed E-state index contributed by atoms with van der Waals surface area (Å²) in [5.41, 5.74) is -0.273. The molecule has 2 unspecified atom stereocenters. The van der Waals surface area contributed by atoms with Crippen LogP contribution in [0.3, 0.4) is 0 Å². The first kappa shape index (κ1) is 28.5. The molecule has 0 aromatic heterocycles. The van der Waals surface area contributed by atoms with Crippen LogP contribution < -0.4 is 10.6 Å². The minimum absolute atomic E-state index is 0.0134. The van der Waals surface area contributed by atoms with Gasteiger partial charge in [-0.25, -0.2) is 4.79 Å². The number of carbonyl (C=O) groups excluding carboxylic acids is 3. The number of nitrogens with one attached hydrogen (secondary N) is 2. The molecule has 0 aliphatic heterocycles. The zero-order valence-electron chi connectivity index (χ0n) is 22.7. The van der Waals surface area contributed by atoms with E-state index >= 15 is 0 Å². The van der Waals surface area contributed by atoms with Crippen LogP contribution >= 0.6 is 0 Å². The number of para-hydroxylation sites is 1. The Bertz CT molecular complexity index is 926. The zero-order chi connectivity index (χ0) is 26.7. The molecule has 2 atom stereocenters. The Morgan fingerprint density at radius 3 is 2.20 bits per heavy atom. The molecule has 1 aromatic rings. The van der Waals surface area contributed by atoms with Crippen molar-refractivity contribution >= 4 is 17.9 Å². The summed E-state index contributed by atoms with van der Waals surface area (Å²) >= 11 is 0. The standard InChI is InChI=1S/C27H43N3O5/c1-16(2)15-20(28-25(34)35-27(7,8)9)24(33)30(18-13-14-18)21(23(32)29-26(4,5)6)19-12-10-11-17(3)22(19)31/h10-12,16,18,20-21,31H,13-15H2,1-9H3,(H,28,34)(H,29,32). The topological polar surface area (TPSA) is 108 Å². The smallest absolute Gasteiger partial charge is 0.408 e. The summed E-state index contributed by atoms with van der Waals surface area (Å²) in [5.74, 6) is -0.643. The van der Waals surface area contributed by atoms with Gasteiger partial charge in [0, 0.05) is 17.1 Å². The number of phenolic OH excluding ortho intramolecular Hbond substituents is 1. The van der Waals surface area contributed by atoms with E-state index in [1.54, 1.807) is 50.8 Å². The number of benzene rings is 1. The summed E-state index contributed by atoms with van der Waals surface area (Å²) in [6, 6.07) is 3.13. The molecule has 1 fully saturated rings. The van der Waals surface area contributed by atoms with Crippen molar-refractivity contribution in [3.05, 3.63) is 29.3 Å². The fourth-order valence-electron chi connectivity index (χ4n) is 3.95. The number of alkyl carbamates (subject to hydrolysis) is 1. The van der Waals surface area contributed by atoms with E-state index in [1.165, 1.54) is 0 Å². The van der Waals surface area contributed by atoms with E-state index in [1.807, 2.05) is 34.6 Å². The fourth-order valence-corrected chi connectivity index (χ4v) is 3.95. The molecule has 0 radical (unpaired) electrons. The molecule has 2 rings (SSSR count). The van der Waals surface area contributed by atoms with Gasteiger partial charge < -0.3 is 25.4 Å². The fraction of sp³-hybridized carbons (Fsp3) is 0.667. The average Bonchev–Trinajstić information content (AvgIpc) is 3.49. The highest BCUT2D eigenvalue weighted by Gasteiger charge is 2.45. The van der Waals surface area contributed by atoms with Crippen LogP contribution in [0.1, 0.15) is 91.8 Å². The van der Waals surface area contributed by atoms with Gasteiger partial charge in [0.25, 0.3) is 0 Å². The molecule has 1 aliphatic carbocycles. The lowest BCUT2D eigenvalue weighted by Crippen LogP contribution is -2.55. The van der Waals surface area contributed by atoms with E-state index in [-0.39, 0.29) is 29.5 Å². The van der Waals surface area contributed by atoms with Gasteiger partial charge in [0.2, 0.25) is 11.8 Å². The molecule has 1 saturated carbocycles. The van der Waals surface area contributed by atoms with Crippen LogP contribution in [0.2, 0.25) is 0 Å². The van der Waals surface area contributed by atoms with Crippen LogP contribution in [0.5, 0.6) is 5.75 Å². The molecule has 8 heteroatoms. The second-order valence-corrected chi connectivity index (χ2v) is 12.0. The summed E-state index contributed by atoms with van der Waals surface area (Å²) in [6.45, 7) is 16.6. The Hall–Kier alpha value is -2.77. The van der Waals surface area contributed by atoms with Crippen LogP contribution in [0.4, 0.5) is 4.79 Å². The number of carbonyl (C=O) groups is 3. The van der Waals surface area contributed by atoms with E-state index < -0.39 is 29.3 Å². The van der Waals surface area contributed by atoms with E-state index in [4.69, 9.17) is 4.74 Å². The third-order valence-corrected chi connectivity index (χ3v) is 5.48. The van der Waals surface area contributed by atoms with Crippen LogP contribution in [0.15, 0.2) is 18.2 Å². The Balaban J connectivity index is 2.52. The number of amides is 3. The minimum Gasteiger partial charge on any atom is -0.507 e. The van der Waals surface area contributed by atoms with Gasteiger partial charge in [-0.3, -0.25) is 9.59 Å². The predicted octanol–water partition coefficient (Wildman–Crippen LogP) is 4.59. The van der Waals surface area contributed by atoms with Crippen molar-refractivity contribution in [1.29, 1.82) is 0 Å². The Morgan fingerprint density at radius 1 is 1.11 bits per heavy atom. The molecule has 0 bridgehead atoms. The van der Waals surface area contributed by atoms with Crippen LogP contribution in [0, 0.1) is 12.8 Å².